The van der Waals surface area contributed by atoms with Crippen LogP contribution in [-0.4, -0.2) is 39.9 Å². The number of benzene rings is 2. The van der Waals surface area contributed by atoms with Crippen molar-refractivity contribution in [1.29, 1.82) is 0 Å². The number of ether oxygens (including phenoxy) is 1. The van der Waals surface area contributed by atoms with Crippen LogP contribution in [0.25, 0.3) is 0 Å². The number of methoxy groups -OCH3 is 1. The van der Waals surface area contributed by atoms with Crippen molar-refractivity contribution in [1.82, 2.24) is 10.6 Å². The molecule has 0 aromatic heterocycles. The van der Waals surface area contributed by atoms with Crippen LogP contribution in [0.4, 0.5) is 10.5 Å². The fourth-order valence-electron chi connectivity index (χ4n) is 4.05. The van der Waals surface area contributed by atoms with Crippen molar-refractivity contribution in [2.75, 3.05) is 24.7 Å². The first-order valence-electron chi connectivity index (χ1n) is 12.0. The van der Waals surface area contributed by atoms with Crippen LogP contribution in [-0.2, 0) is 9.84 Å². The molecule has 2 aromatic carbocycles. The predicted octanol–water partition coefficient (Wildman–Crippen LogP) is 5.16. The Balaban J connectivity index is 1.76. The third-order valence-corrected chi connectivity index (χ3v) is 7.56. The second kappa shape index (κ2) is 12.6. The average molecular weight is 510 g/mol. The van der Waals surface area contributed by atoms with E-state index in [1.165, 1.54) is 19.2 Å². The monoisotopic (exact) mass is 509 g/mol. The number of carbonyl (C=O) groups is 1. The van der Waals surface area contributed by atoms with Crippen LogP contribution < -0.4 is 20.7 Å². The van der Waals surface area contributed by atoms with E-state index in [1.807, 2.05) is 68.5 Å². The van der Waals surface area contributed by atoms with Crippen LogP contribution in [0.2, 0.25) is 0 Å². The van der Waals surface area contributed by atoms with E-state index in [0.29, 0.717) is 17.3 Å². The number of carbonyl (C=O) groups excluding carboxylic acids is 1. The first-order chi connectivity index (χ1) is 17.2. The molecule has 0 aliphatic carbocycles. The van der Waals surface area contributed by atoms with Gasteiger partial charge in [-0.15, -0.1) is 0 Å². The van der Waals surface area contributed by atoms with E-state index in [0.717, 1.165) is 24.1 Å². The maximum absolute atomic E-state index is 13.3. The fourth-order valence-corrected chi connectivity index (χ4v) is 5.40. The predicted molar refractivity (Wildman–Crippen MR) is 145 cm³/mol. The van der Waals surface area contributed by atoms with Gasteiger partial charge in [-0.05, 0) is 50.5 Å². The molecule has 2 amide bonds. The molecule has 0 saturated carbocycles. The van der Waals surface area contributed by atoms with Gasteiger partial charge in [-0.1, -0.05) is 60.2 Å². The maximum atomic E-state index is 13.3. The summed E-state index contributed by atoms with van der Waals surface area (Å²) in [6.07, 6.45) is 8.47. The van der Waals surface area contributed by atoms with Gasteiger partial charge in [0.15, 0.2) is 9.84 Å². The minimum Gasteiger partial charge on any atom is -0.495 e. The molecule has 3 N–H and O–H groups in total. The molecule has 3 rings (SSSR count). The number of sulfone groups is 1. The lowest BCUT2D eigenvalue weighted by atomic mass is 10.1. The standard InChI is InChI=1S/C28H35N3O4S/c1-20-16-21(2)29-15-9-8-10-23(17-20)19-36(33,34)25-13-14-26(27(18-25)35-4)31-28(32)30-22(3)24-11-6-5-7-12-24/h5-14,17-18,21-22,29H,15-16,19H2,1-4H3,(H2,30,31,32)/b9-8+,20-17?,23-10?. The molecule has 192 valence electrons. The van der Waals surface area contributed by atoms with Crippen molar-refractivity contribution in [3.8, 4) is 5.75 Å². The summed E-state index contributed by atoms with van der Waals surface area (Å²) in [4.78, 5) is 12.7. The number of nitrogens with one attached hydrogen (secondary N) is 3. The Morgan fingerprint density at radius 1 is 1.19 bits per heavy atom. The lowest BCUT2D eigenvalue weighted by Gasteiger charge is -2.17. The zero-order chi connectivity index (χ0) is 26.1. The van der Waals surface area contributed by atoms with Gasteiger partial charge in [0.05, 0.1) is 29.5 Å². The maximum Gasteiger partial charge on any atom is 0.319 e. The first-order valence-corrected chi connectivity index (χ1v) is 13.6. The number of urea groups is 1. The summed E-state index contributed by atoms with van der Waals surface area (Å²) in [5, 5.41) is 9.03. The molecule has 1 heterocycles. The third kappa shape index (κ3) is 7.83. The van der Waals surface area contributed by atoms with E-state index < -0.39 is 15.9 Å². The highest BCUT2D eigenvalue weighted by Gasteiger charge is 2.20. The summed E-state index contributed by atoms with van der Waals surface area (Å²) in [7, 11) is -2.21. The van der Waals surface area contributed by atoms with Gasteiger partial charge in [-0.3, -0.25) is 0 Å². The summed E-state index contributed by atoms with van der Waals surface area (Å²) in [5.41, 5.74) is 3.18. The largest absolute Gasteiger partial charge is 0.495 e. The Morgan fingerprint density at radius 3 is 2.67 bits per heavy atom. The van der Waals surface area contributed by atoms with E-state index in [-0.39, 0.29) is 22.4 Å². The van der Waals surface area contributed by atoms with Crippen molar-refractivity contribution in [3.63, 3.8) is 0 Å². The van der Waals surface area contributed by atoms with Crippen LogP contribution >= 0.6 is 0 Å². The summed E-state index contributed by atoms with van der Waals surface area (Å²) in [6, 6.07) is 13.8. The lowest BCUT2D eigenvalue weighted by molar-refractivity contribution is 0.249. The van der Waals surface area contributed by atoms with E-state index >= 15 is 0 Å². The van der Waals surface area contributed by atoms with Crippen LogP contribution in [0.15, 0.2) is 88.9 Å². The first kappa shape index (κ1) is 27.2. The molecule has 1 aliphatic rings. The van der Waals surface area contributed by atoms with Crippen LogP contribution in [0, 0.1) is 0 Å². The molecule has 2 unspecified atom stereocenters. The highest BCUT2D eigenvalue weighted by molar-refractivity contribution is 7.91. The number of amides is 2. The summed E-state index contributed by atoms with van der Waals surface area (Å²) in [6.45, 7) is 6.74. The molecule has 2 aromatic rings. The lowest BCUT2D eigenvalue weighted by Crippen LogP contribution is -2.31. The molecule has 0 saturated heterocycles. The molecular formula is C28H35N3O4S. The van der Waals surface area contributed by atoms with Crippen molar-refractivity contribution < 1.29 is 17.9 Å². The Bertz CT molecular complexity index is 1250. The topological polar surface area (TPSA) is 96.5 Å². The molecule has 1 aliphatic heterocycles. The number of allylic oxidation sites excluding steroid dienone is 3. The minimum atomic E-state index is -3.65. The molecular weight excluding hydrogens is 474 g/mol. The van der Waals surface area contributed by atoms with Gasteiger partial charge >= 0.3 is 6.03 Å². The van der Waals surface area contributed by atoms with E-state index in [9.17, 15) is 13.2 Å². The Kier molecular flexibility index (Phi) is 9.50. The molecule has 36 heavy (non-hydrogen) atoms. The number of hydrogen-bond donors (Lipinski definition) is 3. The molecule has 7 nitrogen and oxygen atoms in total. The van der Waals surface area contributed by atoms with Gasteiger partial charge in [-0.25, -0.2) is 13.2 Å². The van der Waals surface area contributed by atoms with Gasteiger partial charge in [0.2, 0.25) is 0 Å². The van der Waals surface area contributed by atoms with Crippen LogP contribution in [0.5, 0.6) is 5.75 Å². The number of anilines is 1. The second-order valence-corrected chi connectivity index (χ2v) is 11.0. The van der Waals surface area contributed by atoms with Crippen molar-refractivity contribution in [2.45, 2.75) is 44.2 Å². The molecule has 8 heteroatoms. The molecule has 0 spiro atoms. The number of hydrogen-bond acceptors (Lipinski definition) is 5. The zero-order valence-corrected chi connectivity index (χ0v) is 22.1. The molecule has 0 radical (unpaired) electrons. The van der Waals surface area contributed by atoms with E-state index in [4.69, 9.17) is 4.74 Å². The number of rotatable bonds is 7. The smallest absolute Gasteiger partial charge is 0.319 e. The average Bonchev–Trinajstić information content (AvgIpc) is 2.83. The second-order valence-electron chi connectivity index (χ2n) is 9.03. The highest BCUT2D eigenvalue weighted by atomic mass is 32.2. The van der Waals surface area contributed by atoms with Gasteiger partial charge in [-0.2, -0.15) is 0 Å². The fraction of sp³-hybridized carbons (Fsp3) is 0.321. The van der Waals surface area contributed by atoms with Gasteiger partial charge in [0, 0.05) is 18.7 Å². The van der Waals surface area contributed by atoms with Crippen molar-refractivity contribution in [2.24, 2.45) is 0 Å². The van der Waals surface area contributed by atoms with Gasteiger partial charge < -0.3 is 20.7 Å². The SMILES string of the molecule is COc1cc(S(=O)(=O)CC2=C/C=C/CNC(C)CC(C)=C2)ccc1NC(=O)NC(C)c1ccccc1. The van der Waals surface area contributed by atoms with E-state index in [1.54, 1.807) is 6.07 Å². The minimum absolute atomic E-state index is 0.131. The summed E-state index contributed by atoms with van der Waals surface area (Å²) >= 11 is 0. The van der Waals surface area contributed by atoms with Crippen molar-refractivity contribution >= 4 is 21.6 Å². The zero-order valence-electron chi connectivity index (χ0n) is 21.2. The van der Waals surface area contributed by atoms with Gasteiger partial charge in [0.25, 0.3) is 0 Å². The van der Waals surface area contributed by atoms with E-state index in [2.05, 4.69) is 22.9 Å². The van der Waals surface area contributed by atoms with Crippen LogP contribution in [0.1, 0.15) is 38.8 Å². The molecule has 0 bridgehead atoms. The quantitative estimate of drug-likeness (QED) is 0.479. The third-order valence-electron chi connectivity index (χ3n) is 5.87. The summed E-state index contributed by atoms with van der Waals surface area (Å²) in [5.74, 6) is 0.131. The van der Waals surface area contributed by atoms with Gasteiger partial charge in [0.1, 0.15) is 5.75 Å². The van der Waals surface area contributed by atoms with Crippen molar-refractivity contribution in [3.05, 3.63) is 89.5 Å². The normalized spacial score (nSPS) is 18.3. The highest BCUT2D eigenvalue weighted by Crippen LogP contribution is 2.29. The molecule has 2 atom stereocenters. The van der Waals surface area contributed by atoms with Crippen LogP contribution in [0.3, 0.4) is 0 Å². The summed E-state index contributed by atoms with van der Waals surface area (Å²) < 4.78 is 31.9. The Labute approximate surface area is 214 Å². The molecule has 0 fully saturated rings. The Morgan fingerprint density at radius 2 is 1.94 bits per heavy atom. The Hall–Kier alpha value is -3.36.